The van der Waals surface area contributed by atoms with E-state index < -0.39 is 0 Å². The highest BCUT2D eigenvalue weighted by molar-refractivity contribution is 5.93. The first kappa shape index (κ1) is 21.2. The van der Waals surface area contributed by atoms with Crippen molar-refractivity contribution in [3.63, 3.8) is 0 Å². The lowest BCUT2D eigenvalue weighted by molar-refractivity contribution is 1.01. The van der Waals surface area contributed by atoms with Crippen molar-refractivity contribution >= 4 is 46.4 Å². The van der Waals surface area contributed by atoms with Crippen molar-refractivity contribution in [3.05, 3.63) is 119 Å². The fourth-order valence-corrected chi connectivity index (χ4v) is 5.90. The average Bonchev–Trinajstić information content (AvgIpc) is 3.75. The summed E-state index contributed by atoms with van der Waals surface area (Å²) in [6.07, 6.45) is 9.26. The molecule has 0 fully saturated rings. The minimum absolute atomic E-state index is 0.934. The lowest BCUT2D eigenvalue weighted by atomic mass is 9.96. The predicted octanol–water partition coefficient (Wildman–Crippen LogP) is 7.90. The molecule has 0 atom stereocenters. The third kappa shape index (κ3) is 3.38. The van der Waals surface area contributed by atoms with Gasteiger partial charge in [0.05, 0.1) is 28.3 Å². The van der Waals surface area contributed by atoms with Crippen LogP contribution in [0, 0.1) is 0 Å². The number of hydrogen-bond donors (Lipinski definition) is 1. The van der Waals surface area contributed by atoms with E-state index in [2.05, 4.69) is 126 Å². The van der Waals surface area contributed by atoms with E-state index in [1.165, 1.54) is 33.4 Å². The second kappa shape index (κ2) is 8.02. The summed E-state index contributed by atoms with van der Waals surface area (Å²) in [6, 6.07) is 30.4. The fraction of sp³-hybridized carbons (Fsp3) is 0.0588. The Kier molecular flexibility index (Phi) is 4.47. The van der Waals surface area contributed by atoms with Crippen molar-refractivity contribution in [2.24, 2.45) is 7.05 Å². The maximum absolute atomic E-state index is 4.92. The molecule has 1 aliphatic carbocycles. The third-order valence-corrected chi connectivity index (χ3v) is 7.74. The van der Waals surface area contributed by atoms with Crippen molar-refractivity contribution in [1.29, 1.82) is 0 Å². The van der Waals surface area contributed by atoms with Crippen molar-refractivity contribution in [2.75, 3.05) is 0 Å². The molecular weight excluding hydrogens is 464 g/mol. The van der Waals surface area contributed by atoms with E-state index in [1.807, 2.05) is 0 Å². The van der Waals surface area contributed by atoms with Gasteiger partial charge in [-0.3, -0.25) is 0 Å². The first-order chi connectivity index (χ1) is 18.7. The summed E-state index contributed by atoms with van der Waals surface area (Å²) in [6.45, 7) is 0. The molecule has 38 heavy (non-hydrogen) atoms. The normalized spacial score (nSPS) is 13.1. The van der Waals surface area contributed by atoms with Gasteiger partial charge in [0.15, 0.2) is 0 Å². The number of aromatic nitrogens is 4. The van der Waals surface area contributed by atoms with Gasteiger partial charge in [0.1, 0.15) is 0 Å². The fourth-order valence-electron chi connectivity index (χ4n) is 5.90. The number of hydrogen-bond acceptors (Lipinski definition) is 2. The van der Waals surface area contributed by atoms with Crippen molar-refractivity contribution in [2.45, 2.75) is 6.42 Å². The Morgan fingerprint density at radius 1 is 0.605 bits per heavy atom. The minimum Gasteiger partial charge on any atom is -0.355 e. The Hall–Kier alpha value is -4.96. The molecule has 2 aromatic carbocycles. The summed E-state index contributed by atoms with van der Waals surface area (Å²) in [7, 11) is 2.13. The molecule has 3 aromatic heterocycles. The zero-order valence-electron chi connectivity index (χ0n) is 20.9. The lowest BCUT2D eigenvalue weighted by Crippen LogP contribution is -1.90. The quantitative estimate of drug-likeness (QED) is 0.255. The zero-order valence-corrected chi connectivity index (χ0v) is 20.9. The van der Waals surface area contributed by atoms with Gasteiger partial charge in [-0.05, 0) is 101 Å². The number of rotatable bonds is 1. The lowest BCUT2D eigenvalue weighted by Gasteiger charge is -2.08. The number of aromatic amines is 1. The highest BCUT2D eigenvalue weighted by atomic mass is 14.9. The molecule has 5 heterocycles. The van der Waals surface area contributed by atoms with Crippen LogP contribution < -0.4 is 0 Å². The highest BCUT2D eigenvalue weighted by Crippen LogP contribution is 2.43. The SMILES string of the molecule is Cn1c2cc3nc(cc4ccc(cc5nc(cc1c(-c1cccc6c1Cc1ccccc1-6)c2)C=C5)[nH]4)C=C3. The van der Waals surface area contributed by atoms with Gasteiger partial charge in [-0.2, -0.15) is 0 Å². The van der Waals surface area contributed by atoms with Gasteiger partial charge in [-0.1, -0.05) is 42.5 Å². The van der Waals surface area contributed by atoms with Crippen LogP contribution in [0.25, 0.3) is 68.6 Å². The number of nitrogens with zero attached hydrogens (tertiary/aromatic N) is 3. The van der Waals surface area contributed by atoms with E-state index in [9.17, 15) is 0 Å². The van der Waals surface area contributed by atoms with Gasteiger partial charge >= 0.3 is 0 Å². The standard InChI is InChI=1S/C34H24N4/c1-38-28-18-26-13-11-24(36-26)16-22-9-10-23(35-22)17-25-12-14-27(37-25)19-34(38)33(20-28)31-8-4-7-30-29-6-3-2-5-21(29)15-32(30)31/h2-14,16-20,35H,15H2,1H3. The van der Waals surface area contributed by atoms with Crippen LogP contribution in [0.3, 0.4) is 0 Å². The Bertz CT molecular complexity index is 2020. The summed E-state index contributed by atoms with van der Waals surface area (Å²) in [4.78, 5) is 13.2. The third-order valence-electron chi connectivity index (χ3n) is 7.74. The number of benzene rings is 2. The van der Waals surface area contributed by atoms with Crippen LogP contribution in [-0.4, -0.2) is 19.5 Å². The molecule has 5 aromatic rings. The molecule has 1 N–H and O–H groups in total. The van der Waals surface area contributed by atoms with Gasteiger partial charge in [-0.25, -0.2) is 9.97 Å². The number of H-pyrrole nitrogens is 1. The Morgan fingerprint density at radius 2 is 1.21 bits per heavy atom. The molecule has 4 nitrogen and oxygen atoms in total. The smallest absolute Gasteiger partial charge is 0.0658 e. The first-order valence-corrected chi connectivity index (χ1v) is 12.9. The van der Waals surface area contributed by atoms with Crippen LogP contribution >= 0.6 is 0 Å². The average molecular weight is 489 g/mol. The van der Waals surface area contributed by atoms with E-state index in [0.29, 0.717) is 0 Å². The topological polar surface area (TPSA) is 46.5 Å². The van der Waals surface area contributed by atoms with Crippen LogP contribution in [-0.2, 0) is 13.5 Å². The Balaban J connectivity index is 1.44. The molecule has 4 heteroatoms. The summed E-state index contributed by atoms with van der Waals surface area (Å²) in [5.41, 5.74) is 16.0. The number of fused-ring (bicyclic) bond motifs is 11. The molecule has 0 spiro atoms. The molecule has 3 aliphatic rings. The van der Waals surface area contributed by atoms with E-state index in [1.54, 1.807) is 0 Å². The Labute approximate surface area is 220 Å². The van der Waals surface area contributed by atoms with Crippen molar-refractivity contribution in [1.82, 2.24) is 19.5 Å². The zero-order chi connectivity index (χ0) is 25.2. The monoisotopic (exact) mass is 488 g/mol. The second-order valence-electron chi connectivity index (χ2n) is 10.1. The molecule has 2 aliphatic heterocycles. The molecule has 8 rings (SSSR count). The second-order valence-corrected chi connectivity index (χ2v) is 10.1. The first-order valence-electron chi connectivity index (χ1n) is 12.9. The molecule has 0 radical (unpaired) electrons. The van der Waals surface area contributed by atoms with Crippen LogP contribution in [0.1, 0.15) is 33.9 Å². The summed E-state index contributed by atoms with van der Waals surface area (Å²) < 4.78 is 2.26. The van der Waals surface area contributed by atoms with Gasteiger partial charge < -0.3 is 9.55 Å². The molecule has 0 amide bonds. The largest absolute Gasteiger partial charge is 0.355 e. The molecule has 0 saturated carbocycles. The molecule has 180 valence electrons. The summed E-state index contributed by atoms with van der Waals surface area (Å²) in [5.74, 6) is 0. The van der Waals surface area contributed by atoms with E-state index in [4.69, 9.17) is 9.97 Å². The number of nitrogens with one attached hydrogen (secondary N) is 1. The molecule has 8 bridgehead atoms. The van der Waals surface area contributed by atoms with Gasteiger partial charge in [-0.15, -0.1) is 0 Å². The maximum Gasteiger partial charge on any atom is 0.0658 e. The molecular formula is C34H24N4. The van der Waals surface area contributed by atoms with E-state index >= 15 is 0 Å². The van der Waals surface area contributed by atoms with Crippen molar-refractivity contribution in [3.8, 4) is 22.3 Å². The van der Waals surface area contributed by atoms with Crippen LogP contribution in [0.4, 0.5) is 0 Å². The van der Waals surface area contributed by atoms with Crippen LogP contribution in [0.5, 0.6) is 0 Å². The van der Waals surface area contributed by atoms with E-state index in [0.717, 1.165) is 51.3 Å². The minimum atomic E-state index is 0.934. The predicted molar refractivity (Wildman–Crippen MR) is 157 cm³/mol. The highest BCUT2D eigenvalue weighted by Gasteiger charge is 2.22. The van der Waals surface area contributed by atoms with E-state index in [-0.39, 0.29) is 0 Å². The number of aryl methyl sites for hydroxylation is 1. The van der Waals surface area contributed by atoms with Crippen LogP contribution in [0.15, 0.2) is 84.9 Å². The molecule has 0 saturated heterocycles. The van der Waals surface area contributed by atoms with Gasteiger partial charge in [0.25, 0.3) is 0 Å². The summed E-state index contributed by atoms with van der Waals surface area (Å²) in [5, 5.41) is 0. The van der Waals surface area contributed by atoms with Gasteiger partial charge in [0, 0.05) is 29.2 Å². The van der Waals surface area contributed by atoms with Crippen LogP contribution in [0.2, 0.25) is 0 Å². The Morgan fingerprint density at radius 3 is 1.95 bits per heavy atom. The molecule has 0 unspecified atom stereocenters. The van der Waals surface area contributed by atoms with Gasteiger partial charge in [0.2, 0.25) is 0 Å². The summed E-state index contributed by atoms with van der Waals surface area (Å²) >= 11 is 0. The maximum atomic E-state index is 4.92. The van der Waals surface area contributed by atoms with Crippen molar-refractivity contribution < 1.29 is 0 Å².